The van der Waals surface area contributed by atoms with Gasteiger partial charge in [0.25, 0.3) is 11.8 Å². The molecule has 0 saturated heterocycles. The van der Waals surface area contributed by atoms with Crippen molar-refractivity contribution in [3.05, 3.63) is 76.7 Å². The van der Waals surface area contributed by atoms with Crippen molar-refractivity contribution in [2.24, 2.45) is 11.1 Å². The average Bonchev–Trinajstić information content (AvgIpc) is 3.17. The number of rotatable bonds is 9. The van der Waals surface area contributed by atoms with Crippen LogP contribution >= 0.6 is 0 Å². The highest BCUT2D eigenvalue weighted by molar-refractivity contribution is 6.05. The zero-order chi connectivity index (χ0) is 24.9. The number of hydrogen-bond acceptors (Lipinski definition) is 6. The monoisotopic (exact) mass is 464 g/mol. The molecule has 0 radical (unpaired) electrons. The quantitative estimate of drug-likeness (QED) is 0.491. The summed E-state index contributed by atoms with van der Waals surface area (Å²) in [7, 11) is 1.56. The lowest BCUT2D eigenvalue weighted by Gasteiger charge is -2.32. The molecule has 0 saturated carbocycles. The highest BCUT2D eigenvalue weighted by Crippen LogP contribution is 2.25. The van der Waals surface area contributed by atoms with Gasteiger partial charge in [0.2, 0.25) is 0 Å². The van der Waals surface area contributed by atoms with Gasteiger partial charge in [-0.25, -0.2) is 0 Å². The molecule has 0 spiro atoms. The normalized spacial score (nSPS) is 11.2. The van der Waals surface area contributed by atoms with Crippen LogP contribution in [-0.2, 0) is 6.54 Å². The molecule has 8 nitrogen and oxygen atoms in total. The summed E-state index contributed by atoms with van der Waals surface area (Å²) in [5, 5.41) is 6.90. The molecule has 34 heavy (non-hydrogen) atoms. The molecule has 1 aromatic heterocycles. The summed E-state index contributed by atoms with van der Waals surface area (Å²) >= 11 is 0. The Morgan fingerprint density at radius 2 is 1.88 bits per heavy atom. The second kappa shape index (κ2) is 10.5. The van der Waals surface area contributed by atoms with Crippen LogP contribution in [0.15, 0.2) is 53.1 Å². The number of nitrogens with two attached hydrogens (primary N) is 1. The fraction of sp³-hybridized carbons (Fsp3) is 0.346. The number of nitrogens with one attached hydrogen (secondary N) is 1. The van der Waals surface area contributed by atoms with Crippen LogP contribution in [0.4, 0.5) is 5.69 Å². The lowest BCUT2D eigenvalue weighted by molar-refractivity contribution is 0.0671. The molecule has 3 aromatic rings. The van der Waals surface area contributed by atoms with Gasteiger partial charge in [0.15, 0.2) is 0 Å². The van der Waals surface area contributed by atoms with Crippen molar-refractivity contribution in [2.75, 3.05) is 25.5 Å². The number of ether oxygens (including phenoxy) is 1. The molecule has 0 aliphatic rings. The van der Waals surface area contributed by atoms with E-state index in [-0.39, 0.29) is 23.8 Å². The van der Waals surface area contributed by atoms with Crippen molar-refractivity contribution < 1.29 is 18.8 Å². The van der Waals surface area contributed by atoms with Crippen LogP contribution in [0.1, 0.15) is 51.6 Å². The van der Waals surface area contributed by atoms with Gasteiger partial charge in [0.1, 0.15) is 17.1 Å². The van der Waals surface area contributed by atoms with E-state index in [0.717, 1.165) is 5.56 Å². The van der Waals surface area contributed by atoms with Gasteiger partial charge in [-0.05, 0) is 55.6 Å². The first-order valence-corrected chi connectivity index (χ1v) is 11.1. The zero-order valence-electron chi connectivity index (χ0n) is 20.3. The minimum absolute atomic E-state index is 0.188. The number of para-hydroxylation sites is 1. The summed E-state index contributed by atoms with van der Waals surface area (Å²) in [6.07, 6.45) is 0. The van der Waals surface area contributed by atoms with Crippen molar-refractivity contribution >= 4 is 17.5 Å². The maximum atomic E-state index is 13.6. The largest absolute Gasteiger partial charge is 0.497 e. The number of carbonyl (C=O) groups excluding carboxylic acids is 2. The third kappa shape index (κ3) is 5.82. The van der Waals surface area contributed by atoms with E-state index in [1.807, 2.05) is 38.1 Å². The zero-order valence-corrected chi connectivity index (χ0v) is 20.3. The van der Waals surface area contributed by atoms with Gasteiger partial charge in [-0.3, -0.25) is 9.59 Å². The van der Waals surface area contributed by atoms with Crippen LogP contribution in [0, 0.1) is 19.3 Å². The van der Waals surface area contributed by atoms with Crippen LogP contribution in [0.25, 0.3) is 0 Å². The number of nitrogens with zero attached hydrogens (tertiary/aromatic N) is 2. The summed E-state index contributed by atoms with van der Waals surface area (Å²) in [5.41, 5.74) is 8.55. The average molecular weight is 465 g/mol. The Morgan fingerprint density at radius 3 is 2.53 bits per heavy atom. The van der Waals surface area contributed by atoms with Crippen LogP contribution < -0.4 is 15.8 Å². The molecular formula is C26H32N4O4. The minimum Gasteiger partial charge on any atom is -0.497 e. The predicted molar refractivity (Wildman–Crippen MR) is 131 cm³/mol. The fourth-order valence-electron chi connectivity index (χ4n) is 3.67. The Kier molecular flexibility index (Phi) is 7.73. The summed E-state index contributed by atoms with van der Waals surface area (Å²) in [5.74, 6) is 0.614. The van der Waals surface area contributed by atoms with Crippen molar-refractivity contribution in [1.29, 1.82) is 0 Å². The summed E-state index contributed by atoms with van der Waals surface area (Å²) in [6.45, 7) is 8.60. The second-order valence-electron chi connectivity index (χ2n) is 9.07. The fourth-order valence-corrected chi connectivity index (χ4v) is 3.67. The molecule has 3 N–H and O–H groups in total. The first-order chi connectivity index (χ1) is 16.1. The van der Waals surface area contributed by atoms with Gasteiger partial charge in [0, 0.05) is 24.3 Å². The highest BCUT2D eigenvalue weighted by atomic mass is 16.5. The van der Waals surface area contributed by atoms with Gasteiger partial charge < -0.3 is 25.2 Å². The SMILES string of the molecule is COc1cccc(C(=O)Nc2ccccc2CN(CC(C)(C)CN)C(=O)c2c(C)noc2C)c1. The standard InChI is InChI=1S/C26H32N4O4/c1-17-23(18(2)34-29-17)25(32)30(16-26(3,4)15-27)14-20-9-6-7-12-22(20)28-24(31)19-10-8-11-21(13-19)33-5/h6-13H,14-16,27H2,1-5H3,(H,28,31). The van der Waals surface area contributed by atoms with Crippen LogP contribution in [0.5, 0.6) is 5.75 Å². The van der Waals surface area contributed by atoms with E-state index in [4.69, 9.17) is 15.0 Å². The first-order valence-electron chi connectivity index (χ1n) is 11.1. The minimum atomic E-state index is -0.312. The number of hydrogen-bond donors (Lipinski definition) is 2. The molecule has 0 aliphatic heterocycles. The maximum absolute atomic E-state index is 13.6. The number of amides is 2. The molecule has 180 valence electrons. The number of carbonyl (C=O) groups is 2. The number of anilines is 1. The Hall–Kier alpha value is -3.65. The lowest BCUT2D eigenvalue weighted by atomic mass is 9.92. The Bertz CT molecular complexity index is 1150. The number of benzene rings is 2. The molecule has 0 bridgehead atoms. The Morgan fingerprint density at radius 1 is 1.15 bits per heavy atom. The molecule has 0 unspecified atom stereocenters. The molecule has 1 heterocycles. The van der Waals surface area contributed by atoms with Crippen molar-refractivity contribution in [2.45, 2.75) is 34.2 Å². The van der Waals surface area contributed by atoms with Crippen LogP contribution in [0.3, 0.4) is 0 Å². The molecule has 0 atom stereocenters. The third-order valence-corrected chi connectivity index (χ3v) is 5.66. The second-order valence-corrected chi connectivity index (χ2v) is 9.07. The van der Waals surface area contributed by atoms with Gasteiger partial charge >= 0.3 is 0 Å². The summed E-state index contributed by atoms with van der Waals surface area (Å²) < 4.78 is 10.5. The molecule has 3 rings (SSSR count). The van der Waals surface area contributed by atoms with E-state index < -0.39 is 0 Å². The predicted octanol–water partition coefficient (Wildman–Crippen LogP) is 4.18. The summed E-state index contributed by atoms with van der Waals surface area (Å²) in [4.78, 5) is 28.2. The summed E-state index contributed by atoms with van der Waals surface area (Å²) in [6, 6.07) is 14.4. The van der Waals surface area contributed by atoms with Crippen LogP contribution in [-0.4, -0.2) is 42.1 Å². The van der Waals surface area contributed by atoms with Crippen molar-refractivity contribution in [3.8, 4) is 5.75 Å². The molecule has 0 aliphatic carbocycles. The lowest BCUT2D eigenvalue weighted by Crippen LogP contribution is -2.42. The van der Waals surface area contributed by atoms with E-state index in [0.29, 0.717) is 47.1 Å². The molecular weight excluding hydrogens is 432 g/mol. The smallest absolute Gasteiger partial charge is 0.259 e. The van der Waals surface area contributed by atoms with Gasteiger partial charge in [-0.1, -0.05) is 43.3 Å². The topological polar surface area (TPSA) is 111 Å². The van der Waals surface area contributed by atoms with E-state index >= 15 is 0 Å². The number of aromatic nitrogens is 1. The molecule has 2 amide bonds. The molecule has 0 fully saturated rings. The van der Waals surface area contributed by atoms with E-state index in [1.54, 1.807) is 50.1 Å². The van der Waals surface area contributed by atoms with Crippen molar-refractivity contribution in [3.63, 3.8) is 0 Å². The third-order valence-electron chi connectivity index (χ3n) is 5.66. The molecule has 2 aromatic carbocycles. The van der Waals surface area contributed by atoms with E-state index in [1.165, 1.54) is 0 Å². The van der Waals surface area contributed by atoms with Gasteiger partial charge in [0.05, 0.1) is 12.8 Å². The Labute approximate surface area is 200 Å². The van der Waals surface area contributed by atoms with E-state index in [9.17, 15) is 9.59 Å². The number of methoxy groups -OCH3 is 1. The molecule has 8 heteroatoms. The highest BCUT2D eigenvalue weighted by Gasteiger charge is 2.29. The van der Waals surface area contributed by atoms with Gasteiger partial charge in [-0.2, -0.15) is 0 Å². The first kappa shape index (κ1) is 25.0. The maximum Gasteiger partial charge on any atom is 0.259 e. The van der Waals surface area contributed by atoms with Crippen molar-refractivity contribution in [1.82, 2.24) is 10.1 Å². The van der Waals surface area contributed by atoms with Crippen LogP contribution in [0.2, 0.25) is 0 Å². The number of aryl methyl sites for hydroxylation is 2. The Balaban J connectivity index is 1.91. The van der Waals surface area contributed by atoms with E-state index in [2.05, 4.69) is 10.5 Å². The van der Waals surface area contributed by atoms with Gasteiger partial charge in [-0.15, -0.1) is 0 Å².